The number of ether oxygens (including phenoxy) is 1. The van der Waals surface area contributed by atoms with Gasteiger partial charge in [0.2, 0.25) is 0 Å². The van der Waals surface area contributed by atoms with Crippen LogP contribution in [0.5, 0.6) is 0 Å². The normalized spacial score (nSPS) is 12.2. The maximum Gasteiger partial charge on any atom is 0.308 e. The lowest BCUT2D eigenvalue weighted by molar-refractivity contribution is -0.142. The Bertz CT molecular complexity index is 325. The molecule has 0 aliphatic heterocycles. The molecule has 0 aromatic carbocycles. The van der Waals surface area contributed by atoms with Crippen LogP contribution in [-0.4, -0.2) is 23.2 Å². The van der Waals surface area contributed by atoms with Gasteiger partial charge < -0.3 is 9.84 Å². The molecule has 1 N–H and O–H groups in total. The number of rotatable bonds is 3. The highest BCUT2D eigenvalue weighted by atomic mass is 16.5. The van der Waals surface area contributed by atoms with Gasteiger partial charge in [-0.05, 0) is 24.6 Å². The summed E-state index contributed by atoms with van der Waals surface area (Å²) in [5.74, 6) is -0.444. The average Bonchev–Trinajstić information content (AvgIpc) is 2.17. The zero-order valence-corrected chi connectivity index (χ0v) is 8.23. The quantitative estimate of drug-likeness (QED) is 0.730. The van der Waals surface area contributed by atoms with E-state index in [0.29, 0.717) is 5.69 Å². The Balaban J connectivity index is 2.69. The molecular weight excluding hydrogens is 182 g/mol. The fourth-order valence-corrected chi connectivity index (χ4v) is 1.09. The summed E-state index contributed by atoms with van der Waals surface area (Å²) in [6.45, 7) is 1.90. The summed E-state index contributed by atoms with van der Waals surface area (Å²) in [4.78, 5) is 14.8. The molecule has 0 aliphatic rings. The van der Waals surface area contributed by atoms with E-state index in [4.69, 9.17) is 0 Å². The summed E-state index contributed by atoms with van der Waals surface area (Å²) in [5.41, 5.74) is 1.49. The van der Waals surface area contributed by atoms with Crippen molar-refractivity contribution in [3.63, 3.8) is 0 Å². The number of pyridine rings is 1. The number of hydrogen-bond donors (Lipinski definition) is 1. The van der Waals surface area contributed by atoms with Crippen LogP contribution in [0, 0.1) is 6.92 Å². The molecule has 1 atom stereocenters. The molecule has 76 valence electrons. The van der Waals surface area contributed by atoms with Crippen LogP contribution >= 0.6 is 0 Å². The summed E-state index contributed by atoms with van der Waals surface area (Å²) in [7, 11) is 1.29. The molecule has 0 saturated heterocycles. The third kappa shape index (κ3) is 2.81. The molecule has 1 aromatic rings. The SMILES string of the molecule is COC(=O)C[C@H](O)c1cc(C)ccn1. The first-order chi connectivity index (χ1) is 6.63. The van der Waals surface area contributed by atoms with Crippen LogP contribution < -0.4 is 0 Å². The second-order valence-corrected chi connectivity index (χ2v) is 3.05. The molecule has 1 heterocycles. The van der Waals surface area contributed by atoms with Crippen molar-refractivity contribution in [2.45, 2.75) is 19.4 Å². The molecule has 0 bridgehead atoms. The van der Waals surface area contributed by atoms with Crippen molar-refractivity contribution in [1.29, 1.82) is 0 Å². The minimum absolute atomic E-state index is 0.0625. The number of aliphatic hydroxyl groups is 1. The van der Waals surface area contributed by atoms with Gasteiger partial charge in [-0.2, -0.15) is 0 Å². The van der Waals surface area contributed by atoms with Crippen molar-refractivity contribution in [2.75, 3.05) is 7.11 Å². The van der Waals surface area contributed by atoms with Crippen molar-refractivity contribution >= 4 is 5.97 Å². The maximum absolute atomic E-state index is 10.9. The van der Waals surface area contributed by atoms with Gasteiger partial charge in [0.25, 0.3) is 0 Å². The number of carbonyl (C=O) groups is 1. The van der Waals surface area contributed by atoms with Crippen LogP contribution in [0.1, 0.15) is 23.8 Å². The van der Waals surface area contributed by atoms with Crippen LogP contribution in [0.15, 0.2) is 18.3 Å². The predicted octanol–water partition coefficient (Wildman–Crippen LogP) is 0.987. The highest BCUT2D eigenvalue weighted by molar-refractivity contribution is 5.69. The minimum Gasteiger partial charge on any atom is -0.469 e. The number of carbonyl (C=O) groups excluding carboxylic acids is 1. The van der Waals surface area contributed by atoms with Gasteiger partial charge >= 0.3 is 5.97 Å². The zero-order valence-electron chi connectivity index (χ0n) is 8.23. The number of hydrogen-bond acceptors (Lipinski definition) is 4. The summed E-state index contributed by atoms with van der Waals surface area (Å²) < 4.78 is 4.45. The highest BCUT2D eigenvalue weighted by Gasteiger charge is 2.14. The second kappa shape index (κ2) is 4.72. The average molecular weight is 195 g/mol. The number of esters is 1. The van der Waals surface area contributed by atoms with E-state index in [1.807, 2.05) is 13.0 Å². The maximum atomic E-state index is 10.9. The number of aryl methyl sites for hydroxylation is 1. The molecule has 1 rings (SSSR count). The number of aromatic nitrogens is 1. The molecule has 0 radical (unpaired) electrons. The topological polar surface area (TPSA) is 59.4 Å². The monoisotopic (exact) mass is 195 g/mol. The Morgan fingerprint density at radius 2 is 2.43 bits per heavy atom. The van der Waals surface area contributed by atoms with Crippen LogP contribution in [0.3, 0.4) is 0 Å². The highest BCUT2D eigenvalue weighted by Crippen LogP contribution is 2.15. The standard InChI is InChI=1S/C10H13NO3/c1-7-3-4-11-8(5-7)9(12)6-10(13)14-2/h3-5,9,12H,6H2,1-2H3/t9-/m0/s1. The van der Waals surface area contributed by atoms with Crippen molar-refractivity contribution in [1.82, 2.24) is 4.98 Å². The van der Waals surface area contributed by atoms with Gasteiger partial charge in [0.05, 0.1) is 19.2 Å². The number of aliphatic hydroxyl groups excluding tert-OH is 1. The number of methoxy groups -OCH3 is 1. The van der Waals surface area contributed by atoms with Gasteiger partial charge in [-0.1, -0.05) is 0 Å². The Morgan fingerprint density at radius 3 is 3.00 bits per heavy atom. The Kier molecular flexibility index (Phi) is 3.59. The van der Waals surface area contributed by atoms with E-state index in [2.05, 4.69) is 9.72 Å². The fourth-order valence-electron chi connectivity index (χ4n) is 1.09. The number of nitrogens with zero attached hydrogens (tertiary/aromatic N) is 1. The molecule has 1 aromatic heterocycles. The van der Waals surface area contributed by atoms with Crippen LogP contribution in [0.25, 0.3) is 0 Å². The minimum atomic E-state index is -0.887. The van der Waals surface area contributed by atoms with Gasteiger partial charge in [-0.15, -0.1) is 0 Å². The molecule has 0 saturated carbocycles. The Hall–Kier alpha value is -1.42. The molecule has 4 heteroatoms. The summed E-state index contributed by atoms with van der Waals surface area (Å²) >= 11 is 0. The second-order valence-electron chi connectivity index (χ2n) is 3.05. The van der Waals surface area contributed by atoms with Gasteiger partial charge in [-0.3, -0.25) is 9.78 Å². The predicted molar refractivity (Wildman–Crippen MR) is 50.6 cm³/mol. The van der Waals surface area contributed by atoms with Gasteiger partial charge in [0.1, 0.15) is 6.10 Å². The van der Waals surface area contributed by atoms with Crippen molar-refractivity contribution in [2.24, 2.45) is 0 Å². The molecule has 0 spiro atoms. The molecule has 0 unspecified atom stereocenters. The van der Waals surface area contributed by atoms with E-state index in [1.165, 1.54) is 7.11 Å². The molecule has 4 nitrogen and oxygen atoms in total. The lowest BCUT2D eigenvalue weighted by atomic mass is 10.1. The first kappa shape index (κ1) is 10.7. The zero-order chi connectivity index (χ0) is 10.6. The van der Waals surface area contributed by atoms with Gasteiger partial charge in [0, 0.05) is 6.20 Å². The fraction of sp³-hybridized carbons (Fsp3) is 0.400. The van der Waals surface area contributed by atoms with Crippen LogP contribution in [0.2, 0.25) is 0 Å². The summed E-state index contributed by atoms with van der Waals surface area (Å²) in [6, 6.07) is 3.57. The lowest BCUT2D eigenvalue weighted by Gasteiger charge is -2.08. The van der Waals surface area contributed by atoms with Crippen molar-refractivity contribution in [3.8, 4) is 0 Å². The first-order valence-corrected chi connectivity index (χ1v) is 4.31. The van der Waals surface area contributed by atoms with Gasteiger partial charge in [0.15, 0.2) is 0 Å². The largest absolute Gasteiger partial charge is 0.469 e. The molecule has 14 heavy (non-hydrogen) atoms. The third-order valence-electron chi connectivity index (χ3n) is 1.87. The van der Waals surface area contributed by atoms with E-state index in [-0.39, 0.29) is 6.42 Å². The van der Waals surface area contributed by atoms with Crippen molar-refractivity contribution < 1.29 is 14.6 Å². The third-order valence-corrected chi connectivity index (χ3v) is 1.87. The van der Waals surface area contributed by atoms with E-state index in [9.17, 15) is 9.90 Å². The molecule has 0 aliphatic carbocycles. The van der Waals surface area contributed by atoms with E-state index >= 15 is 0 Å². The lowest BCUT2D eigenvalue weighted by Crippen LogP contribution is -2.09. The Morgan fingerprint density at radius 1 is 1.71 bits per heavy atom. The van der Waals surface area contributed by atoms with E-state index in [0.717, 1.165) is 5.56 Å². The summed E-state index contributed by atoms with van der Waals surface area (Å²) in [6.07, 6.45) is 0.653. The molecular formula is C10H13NO3. The van der Waals surface area contributed by atoms with E-state index < -0.39 is 12.1 Å². The Labute approximate surface area is 82.5 Å². The smallest absolute Gasteiger partial charge is 0.308 e. The van der Waals surface area contributed by atoms with Crippen molar-refractivity contribution in [3.05, 3.63) is 29.6 Å². The molecule has 0 amide bonds. The molecule has 0 fully saturated rings. The van der Waals surface area contributed by atoms with Crippen LogP contribution in [0.4, 0.5) is 0 Å². The van der Waals surface area contributed by atoms with Gasteiger partial charge in [-0.25, -0.2) is 0 Å². The first-order valence-electron chi connectivity index (χ1n) is 4.31. The summed E-state index contributed by atoms with van der Waals surface area (Å²) in [5, 5.41) is 9.58. The van der Waals surface area contributed by atoms with E-state index in [1.54, 1.807) is 12.3 Å². The van der Waals surface area contributed by atoms with Crippen LogP contribution in [-0.2, 0) is 9.53 Å².